The highest BCUT2D eigenvalue weighted by atomic mass is 35.5. The van der Waals surface area contributed by atoms with Crippen LogP contribution in [0, 0.1) is 0 Å². The molecule has 0 aliphatic carbocycles. The summed E-state index contributed by atoms with van der Waals surface area (Å²) in [5, 5.41) is 9.14. The number of alkyl halides is 3. The summed E-state index contributed by atoms with van der Waals surface area (Å²) < 4.78 is 38.4. The summed E-state index contributed by atoms with van der Waals surface area (Å²) in [5.41, 5.74) is -2.38. The minimum absolute atomic E-state index is 0.0298. The minimum atomic E-state index is -4.85. The molecular formula is C13H5Cl3F3NO2. The fourth-order valence-corrected chi connectivity index (χ4v) is 2.48. The van der Waals surface area contributed by atoms with E-state index < -0.39 is 23.3 Å². The van der Waals surface area contributed by atoms with Crippen molar-refractivity contribution in [2.24, 2.45) is 0 Å². The highest BCUT2D eigenvalue weighted by molar-refractivity contribution is 6.46. The number of hydrogen-bond acceptors (Lipinski definition) is 2. The van der Waals surface area contributed by atoms with Crippen LogP contribution in [0.5, 0.6) is 0 Å². The monoisotopic (exact) mass is 369 g/mol. The second-order valence-electron chi connectivity index (χ2n) is 4.14. The molecule has 0 aliphatic rings. The van der Waals surface area contributed by atoms with Gasteiger partial charge in [0.05, 0.1) is 31.9 Å². The summed E-state index contributed by atoms with van der Waals surface area (Å²) in [5.74, 6) is -1.75. The zero-order valence-electron chi connectivity index (χ0n) is 10.4. The molecule has 3 nitrogen and oxygen atoms in total. The number of carbonyl (C=O) groups is 1. The summed E-state index contributed by atoms with van der Waals surface area (Å²) in [7, 11) is 0. The fraction of sp³-hybridized carbons (Fsp3) is 0.0769. The molecule has 0 bridgehead atoms. The molecule has 2 aromatic rings. The van der Waals surface area contributed by atoms with Gasteiger partial charge in [-0.25, -0.2) is 4.79 Å². The maximum absolute atomic E-state index is 12.8. The van der Waals surface area contributed by atoms with Crippen molar-refractivity contribution in [3.8, 4) is 11.3 Å². The molecule has 2 rings (SSSR count). The summed E-state index contributed by atoms with van der Waals surface area (Å²) in [6.45, 7) is 0. The van der Waals surface area contributed by atoms with Gasteiger partial charge in [0.15, 0.2) is 0 Å². The van der Waals surface area contributed by atoms with Crippen LogP contribution >= 0.6 is 34.8 Å². The molecule has 9 heteroatoms. The van der Waals surface area contributed by atoms with Gasteiger partial charge < -0.3 is 5.11 Å². The van der Waals surface area contributed by atoms with Crippen LogP contribution in [0.15, 0.2) is 24.4 Å². The molecule has 0 atom stereocenters. The van der Waals surface area contributed by atoms with Gasteiger partial charge in [-0.3, -0.25) is 4.98 Å². The average Bonchev–Trinajstić information content (AvgIpc) is 2.42. The Morgan fingerprint density at radius 1 is 1.14 bits per heavy atom. The summed E-state index contributed by atoms with van der Waals surface area (Å²) in [6, 6.07) is 3.54. The van der Waals surface area contributed by atoms with Crippen molar-refractivity contribution >= 4 is 40.8 Å². The second-order valence-corrected chi connectivity index (χ2v) is 5.33. The summed E-state index contributed by atoms with van der Waals surface area (Å²) in [6.07, 6.45) is -4.42. The standard InChI is InChI=1S/C13H5Cl3F3NO2/c14-7-1-2-8(15)11(16)10(7)9-3-5(12(21)22)6(4-20-9)13(17,18)19/h1-4H,(H,21,22). The first-order valence-corrected chi connectivity index (χ1v) is 6.70. The third-order valence-corrected chi connectivity index (χ3v) is 3.86. The van der Waals surface area contributed by atoms with Crippen LogP contribution in [0.3, 0.4) is 0 Å². The molecule has 0 saturated carbocycles. The van der Waals surface area contributed by atoms with Gasteiger partial charge >= 0.3 is 12.1 Å². The Bertz CT molecular complexity index is 763. The predicted octanol–water partition coefficient (Wildman–Crippen LogP) is 5.43. The van der Waals surface area contributed by atoms with Crippen LogP contribution < -0.4 is 0 Å². The van der Waals surface area contributed by atoms with Crippen molar-refractivity contribution in [1.29, 1.82) is 0 Å². The first-order valence-electron chi connectivity index (χ1n) is 5.57. The normalized spacial score (nSPS) is 11.5. The Labute approximate surface area is 137 Å². The van der Waals surface area contributed by atoms with Gasteiger partial charge in [0, 0.05) is 11.8 Å². The Hall–Kier alpha value is -1.50. The molecule has 1 N–H and O–H groups in total. The maximum atomic E-state index is 12.8. The molecule has 0 unspecified atom stereocenters. The van der Waals surface area contributed by atoms with Crippen LogP contribution in [0.1, 0.15) is 15.9 Å². The number of carboxylic acids is 1. The fourth-order valence-electron chi connectivity index (χ4n) is 1.76. The molecule has 0 spiro atoms. The van der Waals surface area contributed by atoms with Gasteiger partial charge in [0.1, 0.15) is 0 Å². The van der Waals surface area contributed by atoms with Gasteiger partial charge in [-0.05, 0) is 18.2 Å². The minimum Gasteiger partial charge on any atom is -0.478 e. The lowest BCUT2D eigenvalue weighted by molar-refractivity contribution is -0.138. The Balaban J connectivity index is 2.73. The van der Waals surface area contributed by atoms with E-state index in [4.69, 9.17) is 39.9 Å². The van der Waals surface area contributed by atoms with E-state index in [9.17, 15) is 18.0 Å². The van der Waals surface area contributed by atoms with Crippen LogP contribution in [0.4, 0.5) is 13.2 Å². The van der Waals surface area contributed by atoms with E-state index in [1.54, 1.807) is 0 Å². The number of pyridine rings is 1. The number of rotatable bonds is 2. The van der Waals surface area contributed by atoms with E-state index >= 15 is 0 Å². The molecule has 0 radical (unpaired) electrons. The van der Waals surface area contributed by atoms with E-state index in [0.717, 1.165) is 6.07 Å². The first-order chi connectivity index (χ1) is 10.1. The Kier molecular flexibility index (Phi) is 4.56. The van der Waals surface area contributed by atoms with E-state index in [2.05, 4.69) is 4.98 Å². The number of halogens is 6. The molecule has 0 fully saturated rings. The lowest BCUT2D eigenvalue weighted by atomic mass is 10.0. The highest BCUT2D eigenvalue weighted by Gasteiger charge is 2.36. The van der Waals surface area contributed by atoms with Crippen molar-refractivity contribution in [2.45, 2.75) is 6.18 Å². The van der Waals surface area contributed by atoms with Crippen LogP contribution in [-0.2, 0) is 6.18 Å². The summed E-state index contributed by atoms with van der Waals surface area (Å²) >= 11 is 17.7. The second kappa shape index (κ2) is 5.95. The van der Waals surface area contributed by atoms with Crippen LogP contribution in [0.2, 0.25) is 15.1 Å². The molecule has 0 amide bonds. The highest BCUT2D eigenvalue weighted by Crippen LogP contribution is 2.40. The van der Waals surface area contributed by atoms with Gasteiger partial charge in [-0.2, -0.15) is 13.2 Å². The SMILES string of the molecule is O=C(O)c1cc(-c2c(Cl)ccc(Cl)c2Cl)ncc1C(F)(F)F. The number of aromatic carboxylic acids is 1. The van der Waals surface area contributed by atoms with E-state index in [0.29, 0.717) is 6.20 Å². The molecular weight excluding hydrogens is 366 g/mol. The number of aromatic nitrogens is 1. The topological polar surface area (TPSA) is 50.2 Å². The number of carboxylic acid groups (broad SMARTS) is 1. The van der Waals surface area contributed by atoms with Crippen molar-refractivity contribution in [2.75, 3.05) is 0 Å². The third-order valence-electron chi connectivity index (χ3n) is 2.74. The van der Waals surface area contributed by atoms with E-state index in [1.165, 1.54) is 12.1 Å². The van der Waals surface area contributed by atoms with Gasteiger partial charge in [0.2, 0.25) is 0 Å². The maximum Gasteiger partial charge on any atom is 0.418 e. The molecule has 116 valence electrons. The van der Waals surface area contributed by atoms with Gasteiger partial charge in [0.25, 0.3) is 0 Å². The van der Waals surface area contributed by atoms with E-state index in [1.807, 2.05) is 0 Å². The lowest BCUT2D eigenvalue weighted by Gasteiger charge is -2.13. The van der Waals surface area contributed by atoms with E-state index in [-0.39, 0.29) is 26.3 Å². The zero-order chi connectivity index (χ0) is 16.7. The van der Waals surface area contributed by atoms with Gasteiger partial charge in [-0.15, -0.1) is 0 Å². The average molecular weight is 371 g/mol. The van der Waals surface area contributed by atoms with Crippen LogP contribution in [0.25, 0.3) is 11.3 Å². The zero-order valence-corrected chi connectivity index (χ0v) is 12.6. The predicted molar refractivity (Wildman–Crippen MR) is 76.7 cm³/mol. The van der Waals surface area contributed by atoms with Crippen molar-refractivity contribution < 1.29 is 23.1 Å². The molecule has 22 heavy (non-hydrogen) atoms. The van der Waals surface area contributed by atoms with Gasteiger partial charge in [-0.1, -0.05) is 34.8 Å². The number of benzene rings is 1. The molecule has 1 aromatic heterocycles. The quantitative estimate of drug-likeness (QED) is 0.718. The Morgan fingerprint density at radius 3 is 2.27 bits per heavy atom. The molecule has 1 aromatic carbocycles. The van der Waals surface area contributed by atoms with Crippen molar-refractivity contribution in [1.82, 2.24) is 4.98 Å². The van der Waals surface area contributed by atoms with Crippen molar-refractivity contribution in [3.05, 3.63) is 50.6 Å². The van der Waals surface area contributed by atoms with Crippen LogP contribution in [-0.4, -0.2) is 16.1 Å². The van der Waals surface area contributed by atoms with Crippen molar-refractivity contribution in [3.63, 3.8) is 0 Å². The molecule has 1 heterocycles. The third kappa shape index (κ3) is 3.14. The Morgan fingerprint density at radius 2 is 1.73 bits per heavy atom. The largest absolute Gasteiger partial charge is 0.478 e. The molecule has 0 aliphatic heterocycles. The summed E-state index contributed by atoms with van der Waals surface area (Å²) in [4.78, 5) is 14.7. The number of hydrogen-bond donors (Lipinski definition) is 1. The molecule has 0 saturated heterocycles. The smallest absolute Gasteiger partial charge is 0.418 e. The first kappa shape index (κ1) is 16.9. The number of nitrogens with zero attached hydrogens (tertiary/aromatic N) is 1. The lowest BCUT2D eigenvalue weighted by Crippen LogP contribution is -2.14.